The van der Waals surface area contributed by atoms with Crippen LogP contribution in [0.1, 0.15) is 20.3 Å². The molecule has 0 radical (unpaired) electrons. The molecule has 3 aliphatic rings. The van der Waals surface area contributed by atoms with Crippen LogP contribution in [-0.4, -0.2) is 57.8 Å². The van der Waals surface area contributed by atoms with Crippen LogP contribution >= 0.6 is 11.8 Å². The second-order valence-corrected chi connectivity index (χ2v) is 7.41. The van der Waals surface area contributed by atoms with Crippen molar-refractivity contribution in [2.45, 2.75) is 38.0 Å². The van der Waals surface area contributed by atoms with Crippen molar-refractivity contribution in [2.75, 3.05) is 18.2 Å². The van der Waals surface area contributed by atoms with Crippen molar-refractivity contribution in [3.8, 4) is 0 Å². The van der Waals surface area contributed by atoms with E-state index in [0.29, 0.717) is 18.2 Å². The van der Waals surface area contributed by atoms with Crippen LogP contribution in [0.5, 0.6) is 0 Å². The number of ether oxygens (including phenoxy) is 1. The molecule has 6 nitrogen and oxygen atoms in total. The van der Waals surface area contributed by atoms with Gasteiger partial charge in [0.2, 0.25) is 5.91 Å². The van der Waals surface area contributed by atoms with Gasteiger partial charge in [0.05, 0.1) is 12.0 Å². The first-order valence-corrected chi connectivity index (χ1v) is 7.99. The molecule has 0 spiro atoms. The standard InChI is InChI=1S/C13H20N2O4S/c1-12(2)9-7(3-4-19-9)13(12,14)11(18)15-6-20-5-8(15)10(16)17/h7-9H,3-6,14H2,1-2H3,(H,16,17)/t7?,8-,9?,13?/m0/s1. The Morgan fingerprint density at radius 2 is 2.15 bits per heavy atom. The summed E-state index contributed by atoms with van der Waals surface area (Å²) in [5, 5.41) is 9.23. The summed E-state index contributed by atoms with van der Waals surface area (Å²) in [5.41, 5.74) is 5.01. The third-order valence-corrected chi connectivity index (χ3v) is 6.25. The number of carboxylic acids is 1. The fourth-order valence-electron chi connectivity index (χ4n) is 3.90. The van der Waals surface area contributed by atoms with Crippen LogP contribution in [0.25, 0.3) is 0 Å². The van der Waals surface area contributed by atoms with Gasteiger partial charge in [-0.1, -0.05) is 13.8 Å². The van der Waals surface area contributed by atoms with Crippen LogP contribution in [0.2, 0.25) is 0 Å². The molecular formula is C13H20N2O4S. The molecule has 3 unspecified atom stereocenters. The Kier molecular flexibility index (Phi) is 3.08. The smallest absolute Gasteiger partial charge is 0.327 e. The molecule has 2 heterocycles. The van der Waals surface area contributed by atoms with Gasteiger partial charge in [0.1, 0.15) is 11.6 Å². The van der Waals surface area contributed by atoms with Crippen LogP contribution in [0.15, 0.2) is 0 Å². The summed E-state index contributed by atoms with van der Waals surface area (Å²) in [4.78, 5) is 25.6. The number of hydrogen-bond acceptors (Lipinski definition) is 5. The van der Waals surface area contributed by atoms with Gasteiger partial charge in [-0.25, -0.2) is 4.79 Å². The molecule has 3 rings (SSSR count). The summed E-state index contributed by atoms with van der Waals surface area (Å²) in [6.45, 7) is 4.51. The fraction of sp³-hybridized carbons (Fsp3) is 0.846. The van der Waals surface area contributed by atoms with E-state index < -0.39 is 23.0 Å². The Labute approximate surface area is 122 Å². The summed E-state index contributed by atoms with van der Waals surface area (Å²) in [7, 11) is 0. The quantitative estimate of drug-likeness (QED) is 0.752. The SMILES string of the molecule is CC1(C)C2OCCC2C1(N)C(=O)N1CSC[C@H]1C(=O)O. The monoisotopic (exact) mass is 300 g/mol. The van der Waals surface area contributed by atoms with E-state index in [1.165, 1.54) is 16.7 Å². The molecule has 7 heteroatoms. The van der Waals surface area contributed by atoms with Gasteiger partial charge in [0, 0.05) is 23.7 Å². The van der Waals surface area contributed by atoms with E-state index in [4.69, 9.17) is 10.5 Å². The zero-order valence-electron chi connectivity index (χ0n) is 11.7. The maximum absolute atomic E-state index is 12.9. The highest BCUT2D eigenvalue weighted by Gasteiger charge is 2.72. The normalized spacial score (nSPS) is 42.1. The molecule has 112 valence electrons. The van der Waals surface area contributed by atoms with E-state index in [1.807, 2.05) is 13.8 Å². The van der Waals surface area contributed by atoms with E-state index in [2.05, 4.69) is 0 Å². The van der Waals surface area contributed by atoms with Gasteiger partial charge >= 0.3 is 5.97 Å². The van der Waals surface area contributed by atoms with E-state index in [0.717, 1.165) is 6.42 Å². The van der Waals surface area contributed by atoms with Crippen LogP contribution in [0.3, 0.4) is 0 Å². The van der Waals surface area contributed by atoms with E-state index in [9.17, 15) is 14.7 Å². The number of carbonyl (C=O) groups is 2. The highest BCUT2D eigenvalue weighted by molar-refractivity contribution is 7.99. The fourth-order valence-corrected chi connectivity index (χ4v) is 5.05. The predicted molar refractivity (Wildman–Crippen MR) is 74.1 cm³/mol. The largest absolute Gasteiger partial charge is 0.480 e. The second kappa shape index (κ2) is 4.35. The van der Waals surface area contributed by atoms with Crippen molar-refractivity contribution in [3.63, 3.8) is 0 Å². The minimum absolute atomic E-state index is 0.00467. The Morgan fingerprint density at radius 1 is 1.45 bits per heavy atom. The maximum Gasteiger partial charge on any atom is 0.327 e. The molecule has 0 aromatic carbocycles. The Balaban J connectivity index is 1.88. The zero-order chi connectivity index (χ0) is 14.7. The van der Waals surface area contributed by atoms with Gasteiger partial charge < -0.3 is 20.5 Å². The minimum atomic E-state index is -1.01. The first kappa shape index (κ1) is 14.2. The highest BCUT2D eigenvalue weighted by Crippen LogP contribution is 2.59. The molecule has 20 heavy (non-hydrogen) atoms. The molecule has 3 fully saturated rings. The van der Waals surface area contributed by atoms with E-state index in [-0.39, 0.29) is 17.9 Å². The van der Waals surface area contributed by atoms with Crippen LogP contribution in [-0.2, 0) is 14.3 Å². The van der Waals surface area contributed by atoms with Gasteiger partial charge in [-0.05, 0) is 6.42 Å². The molecule has 1 aliphatic carbocycles. The van der Waals surface area contributed by atoms with Gasteiger partial charge in [-0.15, -0.1) is 11.8 Å². The summed E-state index contributed by atoms with van der Waals surface area (Å²) in [6, 6.07) is -0.759. The summed E-state index contributed by atoms with van der Waals surface area (Å²) >= 11 is 1.46. The summed E-state index contributed by atoms with van der Waals surface area (Å²) < 4.78 is 5.68. The number of carboxylic acid groups (broad SMARTS) is 1. The molecule has 2 aliphatic heterocycles. The van der Waals surface area contributed by atoms with Crippen molar-refractivity contribution in [3.05, 3.63) is 0 Å². The van der Waals surface area contributed by atoms with E-state index >= 15 is 0 Å². The molecule has 1 amide bonds. The van der Waals surface area contributed by atoms with Gasteiger partial charge in [0.15, 0.2) is 0 Å². The number of nitrogens with two attached hydrogens (primary N) is 1. The zero-order valence-corrected chi connectivity index (χ0v) is 12.5. The van der Waals surface area contributed by atoms with Crippen molar-refractivity contribution in [1.29, 1.82) is 0 Å². The van der Waals surface area contributed by atoms with Crippen molar-refractivity contribution < 1.29 is 19.4 Å². The first-order valence-electron chi connectivity index (χ1n) is 6.84. The molecule has 3 N–H and O–H groups in total. The van der Waals surface area contributed by atoms with Crippen molar-refractivity contribution in [2.24, 2.45) is 17.1 Å². The second-order valence-electron chi connectivity index (χ2n) is 6.41. The third-order valence-electron chi connectivity index (χ3n) is 5.24. The number of amides is 1. The lowest BCUT2D eigenvalue weighted by atomic mass is 9.47. The lowest BCUT2D eigenvalue weighted by Gasteiger charge is -2.61. The number of carbonyl (C=O) groups excluding carboxylic acids is 1. The summed E-state index contributed by atoms with van der Waals surface area (Å²) in [6.07, 6.45) is 0.782. The van der Waals surface area contributed by atoms with Gasteiger partial charge in [-0.2, -0.15) is 0 Å². The van der Waals surface area contributed by atoms with Gasteiger partial charge in [-0.3, -0.25) is 4.79 Å². The predicted octanol–water partition coefficient (Wildman–Crippen LogP) is 0.115. The molecule has 0 bridgehead atoms. The van der Waals surface area contributed by atoms with Crippen molar-refractivity contribution in [1.82, 2.24) is 4.90 Å². The lowest BCUT2D eigenvalue weighted by Crippen LogP contribution is -2.80. The Morgan fingerprint density at radius 3 is 2.80 bits per heavy atom. The van der Waals surface area contributed by atoms with Crippen LogP contribution < -0.4 is 5.73 Å². The highest BCUT2D eigenvalue weighted by atomic mass is 32.2. The number of fused-ring (bicyclic) bond motifs is 1. The van der Waals surface area contributed by atoms with Crippen LogP contribution in [0.4, 0.5) is 0 Å². The van der Waals surface area contributed by atoms with E-state index in [1.54, 1.807) is 0 Å². The number of thioether (sulfide) groups is 1. The lowest BCUT2D eigenvalue weighted by molar-refractivity contribution is -0.186. The average molecular weight is 300 g/mol. The molecule has 2 saturated heterocycles. The van der Waals surface area contributed by atoms with Gasteiger partial charge in [0.25, 0.3) is 0 Å². The maximum atomic E-state index is 12.9. The Hall–Kier alpha value is -0.790. The third kappa shape index (κ3) is 1.54. The number of rotatable bonds is 2. The molecule has 0 aromatic heterocycles. The molecule has 4 atom stereocenters. The summed E-state index contributed by atoms with van der Waals surface area (Å²) in [5.74, 6) is -0.342. The number of nitrogens with zero attached hydrogens (tertiary/aromatic N) is 1. The Bertz CT molecular complexity index is 469. The first-order chi connectivity index (χ1) is 9.31. The van der Waals surface area contributed by atoms with Crippen molar-refractivity contribution >= 4 is 23.6 Å². The number of aliphatic carboxylic acids is 1. The topological polar surface area (TPSA) is 92.9 Å². The number of hydrogen-bond donors (Lipinski definition) is 2. The molecule has 1 saturated carbocycles. The minimum Gasteiger partial charge on any atom is -0.480 e. The van der Waals surface area contributed by atoms with Crippen LogP contribution in [0, 0.1) is 11.3 Å². The average Bonchev–Trinajstić information content (AvgIpc) is 3.04. The molecule has 0 aromatic rings. The molecular weight excluding hydrogens is 280 g/mol.